The Morgan fingerprint density at radius 3 is 2.78 bits per heavy atom. The van der Waals surface area contributed by atoms with E-state index in [1.165, 1.54) is 0 Å². The standard InChI is InChI=1S/C17H24ClN3O2/c1-13(20-8-10-23-11-9-20)17(22)21-7-6-19-12-16(21)14-4-2-3-5-15(14)18/h2-5,13,16,19H,6-12H2,1H3. The van der Waals surface area contributed by atoms with Crippen LogP contribution in [-0.4, -0.2) is 67.7 Å². The zero-order chi connectivity index (χ0) is 16.2. The number of hydrogen-bond acceptors (Lipinski definition) is 4. The van der Waals surface area contributed by atoms with E-state index in [1.54, 1.807) is 0 Å². The average molecular weight is 338 g/mol. The Hall–Kier alpha value is -1.14. The molecule has 23 heavy (non-hydrogen) atoms. The number of rotatable bonds is 3. The minimum Gasteiger partial charge on any atom is -0.379 e. The maximum Gasteiger partial charge on any atom is 0.240 e. The van der Waals surface area contributed by atoms with Crippen LogP contribution in [0.25, 0.3) is 0 Å². The first-order valence-corrected chi connectivity index (χ1v) is 8.63. The molecule has 2 fully saturated rings. The molecule has 2 unspecified atom stereocenters. The Morgan fingerprint density at radius 1 is 1.30 bits per heavy atom. The summed E-state index contributed by atoms with van der Waals surface area (Å²) in [6.07, 6.45) is 0. The third kappa shape index (κ3) is 3.69. The van der Waals surface area contributed by atoms with E-state index in [0.717, 1.165) is 36.8 Å². The highest BCUT2D eigenvalue weighted by molar-refractivity contribution is 6.31. The van der Waals surface area contributed by atoms with Crippen LogP contribution < -0.4 is 5.32 Å². The fraction of sp³-hybridized carbons (Fsp3) is 0.588. The first-order chi connectivity index (χ1) is 11.2. The van der Waals surface area contributed by atoms with E-state index in [0.29, 0.717) is 19.8 Å². The smallest absolute Gasteiger partial charge is 0.240 e. The molecule has 0 aliphatic carbocycles. The third-order valence-corrected chi connectivity index (χ3v) is 5.09. The van der Waals surface area contributed by atoms with Crippen molar-refractivity contribution in [2.24, 2.45) is 0 Å². The molecule has 3 rings (SSSR count). The van der Waals surface area contributed by atoms with Crippen molar-refractivity contribution >= 4 is 17.5 Å². The highest BCUT2D eigenvalue weighted by Crippen LogP contribution is 2.29. The average Bonchev–Trinajstić information content (AvgIpc) is 2.62. The van der Waals surface area contributed by atoms with Gasteiger partial charge in [-0.05, 0) is 18.6 Å². The first-order valence-electron chi connectivity index (χ1n) is 8.26. The van der Waals surface area contributed by atoms with Gasteiger partial charge >= 0.3 is 0 Å². The molecule has 0 radical (unpaired) electrons. The number of carbonyl (C=O) groups is 1. The van der Waals surface area contributed by atoms with Gasteiger partial charge in [0.15, 0.2) is 0 Å². The minimum atomic E-state index is -0.123. The van der Waals surface area contributed by atoms with Crippen LogP contribution in [0.4, 0.5) is 0 Å². The summed E-state index contributed by atoms with van der Waals surface area (Å²) >= 11 is 6.36. The summed E-state index contributed by atoms with van der Waals surface area (Å²) in [7, 11) is 0. The van der Waals surface area contributed by atoms with Crippen LogP contribution in [0.2, 0.25) is 5.02 Å². The number of ether oxygens (including phenoxy) is 1. The van der Waals surface area contributed by atoms with Crippen LogP contribution in [0.5, 0.6) is 0 Å². The molecular weight excluding hydrogens is 314 g/mol. The molecule has 5 nitrogen and oxygen atoms in total. The molecule has 2 aliphatic rings. The van der Waals surface area contributed by atoms with Gasteiger partial charge in [-0.2, -0.15) is 0 Å². The van der Waals surface area contributed by atoms with Gasteiger partial charge in [-0.25, -0.2) is 0 Å². The summed E-state index contributed by atoms with van der Waals surface area (Å²) in [4.78, 5) is 17.3. The largest absolute Gasteiger partial charge is 0.379 e. The molecule has 2 heterocycles. The summed E-state index contributed by atoms with van der Waals surface area (Å²) in [5, 5.41) is 4.10. The molecule has 2 saturated heterocycles. The molecule has 0 spiro atoms. The van der Waals surface area contributed by atoms with Crippen LogP contribution in [-0.2, 0) is 9.53 Å². The monoisotopic (exact) mass is 337 g/mol. The Morgan fingerprint density at radius 2 is 2.04 bits per heavy atom. The van der Waals surface area contributed by atoms with Crippen molar-refractivity contribution in [3.05, 3.63) is 34.9 Å². The minimum absolute atomic E-state index is 0.00607. The number of amides is 1. The number of nitrogens with zero attached hydrogens (tertiary/aromatic N) is 2. The lowest BCUT2D eigenvalue weighted by Gasteiger charge is -2.41. The molecule has 6 heteroatoms. The zero-order valence-electron chi connectivity index (χ0n) is 13.5. The SMILES string of the molecule is CC(C(=O)N1CCNCC1c1ccccc1Cl)N1CCOCC1. The van der Waals surface area contributed by atoms with Crippen molar-refractivity contribution in [2.75, 3.05) is 45.9 Å². The number of morpholine rings is 1. The number of halogens is 1. The fourth-order valence-electron chi connectivity index (χ4n) is 3.35. The molecule has 1 aromatic carbocycles. The molecular formula is C17H24ClN3O2. The van der Waals surface area contributed by atoms with Crippen molar-refractivity contribution in [1.29, 1.82) is 0 Å². The predicted octanol–water partition coefficient (Wildman–Crippen LogP) is 1.53. The number of piperazine rings is 1. The lowest BCUT2D eigenvalue weighted by Crippen LogP contribution is -2.56. The first kappa shape index (κ1) is 16.7. The van der Waals surface area contributed by atoms with Gasteiger partial charge in [0.1, 0.15) is 0 Å². The Labute approximate surface area is 142 Å². The lowest BCUT2D eigenvalue weighted by molar-refractivity contribution is -0.141. The maximum atomic E-state index is 13.1. The van der Waals surface area contributed by atoms with Crippen molar-refractivity contribution in [2.45, 2.75) is 19.0 Å². The van der Waals surface area contributed by atoms with Gasteiger partial charge in [0, 0.05) is 37.7 Å². The number of benzene rings is 1. The number of hydrogen-bond donors (Lipinski definition) is 1. The highest BCUT2D eigenvalue weighted by atomic mass is 35.5. The van der Waals surface area contributed by atoms with E-state index >= 15 is 0 Å². The molecule has 0 saturated carbocycles. The van der Waals surface area contributed by atoms with Crippen molar-refractivity contribution in [1.82, 2.24) is 15.1 Å². The van der Waals surface area contributed by atoms with Crippen molar-refractivity contribution in [3.63, 3.8) is 0 Å². The third-order valence-electron chi connectivity index (χ3n) is 4.74. The van der Waals surface area contributed by atoms with Crippen LogP contribution in [0.3, 0.4) is 0 Å². The highest BCUT2D eigenvalue weighted by Gasteiger charge is 2.34. The topological polar surface area (TPSA) is 44.8 Å². The summed E-state index contributed by atoms with van der Waals surface area (Å²) in [5.74, 6) is 0.179. The summed E-state index contributed by atoms with van der Waals surface area (Å²) in [6, 6.07) is 7.67. The number of carbonyl (C=O) groups excluding carboxylic acids is 1. The quantitative estimate of drug-likeness (QED) is 0.908. The van der Waals surface area contributed by atoms with Crippen molar-refractivity contribution in [3.8, 4) is 0 Å². The summed E-state index contributed by atoms with van der Waals surface area (Å²) in [6.45, 7) is 7.31. The lowest BCUT2D eigenvalue weighted by atomic mass is 10.0. The normalized spacial score (nSPS) is 24.4. The van der Waals surface area contributed by atoms with Crippen molar-refractivity contribution < 1.29 is 9.53 Å². The van der Waals surface area contributed by atoms with Gasteiger partial charge in [0.2, 0.25) is 5.91 Å². The van der Waals surface area contributed by atoms with E-state index < -0.39 is 0 Å². The Bertz CT molecular complexity index is 548. The van der Waals surface area contributed by atoms with E-state index in [4.69, 9.17) is 16.3 Å². The molecule has 1 aromatic rings. The van der Waals surface area contributed by atoms with Gasteiger partial charge < -0.3 is 15.0 Å². The fourth-order valence-corrected chi connectivity index (χ4v) is 3.61. The van der Waals surface area contributed by atoms with E-state index in [9.17, 15) is 4.79 Å². The van der Waals surface area contributed by atoms with E-state index in [-0.39, 0.29) is 18.0 Å². The van der Waals surface area contributed by atoms with E-state index in [2.05, 4.69) is 10.2 Å². The molecule has 126 valence electrons. The second-order valence-corrected chi connectivity index (χ2v) is 6.50. The maximum absolute atomic E-state index is 13.1. The van der Waals surface area contributed by atoms with Gasteiger partial charge in [-0.3, -0.25) is 9.69 Å². The second kappa shape index (κ2) is 7.62. The van der Waals surface area contributed by atoms with Gasteiger partial charge in [0.25, 0.3) is 0 Å². The summed E-state index contributed by atoms with van der Waals surface area (Å²) in [5.41, 5.74) is 1.02. The predicted molar refractivity (Wildman–Crippen MR) is 90.6 cm³/mol. The molecule has 2 aliphatic heterocycles. The molecule has 0 bridgehead atoms. The number of nitrogens with one attached hydrogen (secondary N) is 1. The zero-order valence-corrected chi connectivity index (χ0v) is 14.3. The molecule has 2 atom stereocenters. The van der Waals surface area contributed by atoms with Gasteiger partial charge in [-0.15, -0.1) is 0 Å². The van der Waals surface area contributed by atoms with Crippen LogP contribution in [0.1, 0.15) is 18.5 Å². The van der Waals surface area contributed by atoms with Crippen LogP contribution >= 0.6 is 11.6 Å². The Kier molecular flexibility index (Phi) is 5.54. The molecule has 1 N–H and O–H groups in total. The molecule has 0 aromatic heterocycles. The van der Waals surface area contributed by atoms with Gasteiger partial charge in [0.05, 0.1) is 25.3 Å². The van der Waals surface area contributed by atoms with E-state index in [1.807, 2.05) is 36.1 Å². The molecule has 1 amide bonds. The Balaban J connectivity index is 1.78. The van der Waals surface area contributed by atoms with Crippen LogP contribution in [0, 0.1) is 0 Å². The van der Waals surface area contributed by atoms with Crippen LogP contribution in [0.15, 0.2) is 24.3 Å². The summed E-state index contributed by atoms with van der Waals surface area (Å²) < 4.78 is 5.39. The second-order valence-electron chi connectivity index (χ2n) is 6.10. The van der Waals surface area contributed by atoms with Gasteiger partial charge in [-0.1, -0.05) is 29.8 Å².